The third kappa shape index (κ3) is 0.524. The van der Waals surface area contributed by atoms with Gasteiger partial charge in [0.1, 0.15) is 5.69 Å². The Hall–Kier alpha value is -1.72. The van der Waals surface area contributed by atoms with E-state index in [1.807, 2.05) is 0 Å². The molecule has 0 saturated heterocycles. The Morgan fingerprint density at radius 2 is 2.30 bits per heavy atom. The number of fused-ring (bicyclic) bond motifs is 1. The van der Waals surface area contributed by atoms with Gasteiger partial charge in [0.15, 0.2) is 5.69 Å². The van der Waals surface area contributed by atoms with E-state index in [2.05, 4.69) is 25.6 Å². The maximum absolute atomic E-state index is 8.96. The average molecular weight is 137 g/mol. The van der Waals surface area contributed by atoms with Crippen LogP contribution in [0.3, 0.4) is 0 Å². The molecule has 0 radical (unpaired) electrons. The van der Waals surface area contributed by atoms with Crippen LogP contribution in [0.4, 0.5) is 0 Å². The van der Waals surface area contributed by atoms with Crippen molar-refractivity contribution in [1.29, 1.82) is 0 Å². The molecule has 0 atom stereocenters. The minimum Gasteiger partial charge on any atom is -0.491 e. The molecule has 0 aromatic rings. The van der Waals surface area contributed by atoms with E-state index in [0.717, 1.165) is 0 Å². The Morgan fingerprint density at radius 1 is 1.40 bits per heavy atom. The first kappa shape index (κ1) is 5.10. The normalized spacial score (nSPS) is 10.4. The van der Waals surface area contributed by atoms with E-state index in [9.17, 15) is 0 Å². The molecule has 2 aliphatic rings. The van der Waals surface area contributed by atoms with Crippen molar-refractivity contribution in [2.24, 2.45) is 0 Å². The summed E-state index contributed by atoms with van der Waals surface area (Å²) in [5, 5.41) is 25.3. The Bertz CT molecular complexity index is 318. The molecule has 2 aliphatic heterocycles. The molecule has 6 nitrogen and oxygen atoms in total. The van der Waals surface area contributed by atoms with E-state index in [1.165, 1.54) is 6.20 Å². The summed E-state index contributed by atoms with van der Waals surface area (Å²) in [6.45, 7) is 0. The smallest absolute Gasteiger partial charge is 0.263 e. The topological polar surface area (TPSA) is 87.6 Å². The van der Waals surface area contributed by atoms with E-state index in [0.29, 0.717) is 11.4 Å². The Labute approximate surface area is 55.3 Å². The number of nitrogens with one attached hydrogen (secondary N) is 1. The lowest BCUT2D eigenvalue weighted by Crippen LogP contribution is -1.91. The van der Waals surface area contributed by atoms with Gasteiger partial charge >= 0.3 is 0 Å². The maximum atomic E-state index is 8.96. The summed E-state index contributed by atoms with van der Waals surface area (Å²) >= 11 is 0. The number of aromatic amines is 1. The zero-order chi connectivity index (χ0) is 6.97. The molecule has 2 N–H and O–H groups in total. The van der Waals surface area contributed by atoms with Gasteiger partial charge < -0.3 is 5.11 Å². The molecule has 0 saturated carbocycles. The lowest BCUT2D eigenvalue weighted by atomic mass is 10.4. The van der Waals surface area contributed by atoms with Crippen molar-refractivity contribution in [2.75, 3.05) is 0 Å². The van der Waals surface area contributed by atoms with Crippen LogP contribution in [-0.4, -0.2) is 30.7 Å². The van der Waals surface area contributed by atoms with Gasteiger partial charge in [0.25, 0.3) is 5.88 Å². The number of aromatic nitrogens is 5. The summed E-state index contributed by atoms with van der Waals surface area (Å²) in [4.78, 5) is 0. The van der Waals surface area contributed by atoms with E-state index in [4.69, 9.17) is 5.11 Å². The van der Waals surface area contributed by atoms with Crippen LogP contribution in [0.5, 0.6) is 5.88 Å². The third-order valence-corrected chi connectivity index (χ3v) is 1.13. The van der Waals surface area contributed by atoms with Gasteiger partial charge in [-0.1, -0.05) is 10.3 Å². The molecule has 2 heterocycles. The van der Waals surface area contributed by atoms with Gasteiger partial charge in [-0.3, -0.25) is 5.10 Å². The molecule has 0 fully saturated rings. The quantitative estimate of drug-likeness (QED) is 0.506. The maximum Gasteiger partial charge on any atom is 0.263 e. The predicted octanol–water partition coefficient (Wildman–Crippen LogP) is -0.595. The van der Waals surface area contributed by atoms with Crippen LogP contribution in [0.2, 0.25) is 0 Å². The van der Waals surface area contributed by atoms with E-state index >= 15 is 0 Å². The highest BCUT2D eigenvalue weighted by Gasteiger charge is 2.11. The fourth-order valence-electron chi connectivity index (χ4n) is 0.680. The molecule has 2 rings (SSSR count). The molecule has 10 heavy (non-hydrogen) atoms. The van der Waals surface area contributed by atoms with Crippen molar-refractivity contribution in [1.82, 2.24) is 25.6 Å². The summed E-state index contributed by atoms with van der Waals surface area (Å²) in [7, 11) is 0. The monoisotopic (exact) mass is 137 g/mol. The molecular weight excluding hydrogens is 134 g/mol. The van der Waals surface area contributed by atoms with Gasteiger partial charge in [-0.05, 0) is 0 Å². The van der Waals surface area contributed by atoms with Gasteiger partial charge in [-0.25, -0.2) is 0 Å². The Balaban J connectivity index is 2.80. The standard InChI is InChI=1S/C4H3N5O/c10-4-3-2(1-5-7-3)6-9-8-4/h1,10H,(H,6,8). The van der Waals surface area contributed by atoms with Crippen molar-refractivity contribution >= 4 is 0 Å². The number of H-pyrrole nitrogens is 1. The second-order valence-corrected chi connectivity index (χ2v) is 1.74. The number of aromatic hydroxyl groups is 1. The number of rotatable bonds is 0. The molecule has 0 amide bonds. The lowest BCUT2D eigenvalue weighted by molar-refractivity contribution is 0.440. The largest absolute Gasteiger partial charge is 0.491 e. The molecule has 0 aromatic carbocycles. The van der Waals surface area contributed by atoms with E-state index in [1.54, 1.807) is 0 Å². The summed E-state index contributed by atoms with van der Waals surface area (Å²) in [6, 6.07) is 0. The predicted molar refractivity (Wildman–Crippen MR) is 30.3 cm³/mol. The molecule has 50 valence electrons. The van der Waals surface area contributed by atoms with Crippen LogP contribution in [0.25, 0.3) is 11.4 Å². The molecule has 0 unspecified atom stereocenters. The van der Waals surface area contributed by atoms with E-state index < -0.39 is 0 Å². The summed E-state index contributed by atoms with van der Waals surface area (Å²) in [5.41, 5.74) is 0.919. The fourth-order valence-corrected chi connectivity index (χ4v) is 0.680. The molecular formula is C4H3N5O. The van der Waals surface area contributed by atoms with Crippen LogP contribution in [0.1, 0.15) is 0 Å². The first-order valence-corrected chi connectivity index (χ1v) is 2.59. The van der Waals surface area contributed by atoms with Crippen molar-refractivity contribution in [2.45, 2.75) is 0 Å². The highest BCUT2D eigenvalue weighted by atomic mass is 16.3. The highest BCUT2D eigenvalue weighted by Crippen LogP contribution is 2.20. The van der Waals surface area contributed by atoms with Crippen LogP contribution in [-0.2, 0) is 0 Å². The van der Waals surface area contributed by atoms with Crippen molar-refractivity contribution in [3.05, 3.63) is 6.20 Å². The van der Waals surface area contributed by atoms with Crippen LogP contribution in [0, 0.1) is 0 Å². The zero-order valence-corrected chi connectivity index (χ0v) is 4.81. The van der Waals surface area contributed by atoms with Gasteiger partial charge in [-0.15, -0.1) is 5.10 Å². The van der Waals surface area contributed by atoms with Crippen molar-refractivity contribution in [3.63, 3.8) is 0 Å². The molecule has 0 bridgehead atoms. The minimum atomic E-state index is -0.203. The summed E-state index contributed by atoms with van der Waals surface area (Å²) in [5.74, 6) is -0.203. The van der Waals surface area contributed by atoms with Gasteiger partial charge in [0, 0.05) is 0 Å². The summed E-state index contributed by atoms with van der Waals surface area (Å²) < 4.78 is 0. The zero-order valence-electron chi connectivity index (χ0n) is 4.81. The average Bonchev–Trinajstić information content (AvgIpc) is 2.36. The van der Waals surface area contributed by atoms with E-state index in [-0.39, 0.29) is 5.88 Å². The van der Waals surface area contributed by atoms with Gasteiger partial charge in [0.05, 0.1) is 6.20 Å². The van der Waals surface area contributed by atoms with Gasteiger partial charge in [0.2, 0.25) is 0 Å². The van der Waals surface area contributed by atoms with Crippen LogP contribution in [0.15, 0.2) is 6.20 Å². The van der Waals surface area contributed by atoms with Crippen molar-refractivity contribution in [3.8, 4) is 17.3 Å². The SMILES string of the molecule is Oc1nn[nH]c2cnnc1-2. The van der Waals surface area contributed by atoms with Crippen molar-refractivity contribution < 1.29 is 5.11 Å². The first-order valence-electron chi connectivity index (χ1n) is 2.59. The number of hydrogen-bond acceptors (Lipinski definition) is 5. The molecule has 0 spiro atoms. The van der Waals surface area contributed by atoms with Crippen LogP contribution >= 0.6 is 0 Å². The Morgan fingerprint density at radius 3 is 3.10 bits per heavy atom. The number of nitrogens with zero attached hydrogens (tertiary/aromatic N) is 4. The van der Waals surface area contributed by atoms with Crippen LogP contribution < -0.4 is 0 Å². The third-order valence-electron chi connectivity index (χ3n) is 1.13. The molecule has 0 aromatic heterocycles. The van der Waals surface area contributed by atoms with Gasteiger partial charge in [-0.2, -0.15) is 5.10 Å². The number of hydrogen-bond donors (Lipinski definition) is 2. The minimum absolute atomic E-state index is 0.203. The first-order chi connectivity index (χ1) is 4.88. The highest BCUT2D eigenvalue weighted by molar-refractivity contribution is 5.57. The molecule has 0 aliphatic carbocycles. The summed E-state index contributed by atoms with van der Waals surface area (Å²) in [6.07, 6.45) is 1.46. The second kappa shape index (κ2) is 1.63. The molecule has 6 heteroatoms. The lowest BCUT2D eigenvalue weighted by Gasteiger charge is -1.93. The second-order valence-electron chi connectivity index (χ2n) is 1.74. The Kier molecular flexibility index (Phi) is 0.830. The fraction of sp³-hybridized carbons (Fsp3) is 0.